The molecular weight excluding hydrogens is 256 g/mol. The number of rotatable bonds is 3. The van der Waals surface area contributed by atoms with Crippen molar-refractivity contribution in [2.45, 2.75) is 33.2 Å². The first-order chi connectivity index (χ1) is 9.17. The van der Waals surface area contributed by atoms with E-state index in [1.54, 1.807) is 23.7 Å². The van der Waals surface area contributed by atoms with Crippen LogP contribution in [0.2, 0.25) is 0 Å². The highest BCUT2D eigenvalue weighted by Gasteiger charge is 2.02. The summed E-state index contributed by atoms with van der Waals surface area (Å²) in [6.07, 6.45) is 4.52. The van der Waals surface area contributed by atoms with Gasteiger partial charge in [0.1, 0.15) is 0 Å². The van der Waals surface area contributed by atoms with Crippen LogP contribution >= 0.6 is 11.3 Å². The molecule has 98 valence electrons. The number of H-pyrrole nitrogens is 1. The summed E-state index contributed by atoms with van der Waals surface area (Å²) in [6, 6.07) is 0.375. The minimum Gasteiger partial charge on any atom is -0.352 e. The molecule has 0 aliphatic rings. The summed E-state index contributed by atoms with van der Waals surface area (Å²) in [5.41, 5.74) is 1.73. The van der Waals surface area contributed by atoms with Gasteiger partial charge in [-0.05, 0) is 13.3 Å². The Hall–Kier alpha value is -1.93. The summed E-state index contributed by atoms with van der Waals surface area (Å²) >= 11 is 1.65. The molecule has 19 heavy (non-hydrogen) atoms. The fourth-order valence-corrected chi connectivity index (χ4v) is 1.97. The van der Waals surface area contributed by atoms with Gasteiger partial charge in [0.15, 0.2) is 0 Å². The molecule has 1 unspecified atom stereocenters. The maximum atomic E-state index is 4.25. The lowest BCUT2D eigenvalue weighted by Crippen LogP contribution is -2.15. The molecule has 0 fully saturated rings. The third kappa shape index (κ3) is 4.04. The molecule has 0 aliphatic carbocycles. The fourth-order valence-electron chi connectivity index (χ4n) is 1.39. The van der Waals surface area contributed by atoms with E-state index in [4.69, 9.17) is 0 Å². The Morgan fingerprint density at radius 2 is 2.11 bits per heavy atom. The molecule has 0 aliphatic heterocycles. The molecule has 0 spiro atoms. The fraction of sp³-hybridized carbons (Fsp3) is 0.357. The average molecular weight is 273 g/mol. The number of aryl methyl sites for hydroxylation is 1. The molecule has 2 heterocycles. The van der Waals surface area contributed by atoms with Gasteiger partial charge in [-0.3, -0.25) is 0 Å². The van der Waals surface area contributed by atoms with Crippen LogP contribution in [0.4, 0.5) is 5.95 Å². The molecule has 0 amide bonds. The highest BCUT2D eigenvalue weighted by atomic mass is 32.1. The van der Waals surface area contributed by atoms with Gasteiger partial charge in [0.2, 0.25) is 11.0 Å². The lowest BCUT2D eigenvalue weighted by atomic mass is 10.3. The molecule has 5 heteroatoms. The number of hydrogen-bond donors (Lipinski definition) is 1. The maximum Gasteiger partial charge on any atom is 0.266 e. The topological polar surface area (TPSA) is 52.0 Å². The van der Waals surface area contributed by atoms with Crippen molar-refractivity contribution in [3.8, 4) is 11.8 Å². The largest absolute Gasteiger partial charge is 0.352 e. The quantitative estimate of drug-likeness (QED) is 0.873. The summed E-state index contributed by atoms with van der Waals surface area (Å²) in [6.45, 7) is 6.25. The van der Waals surface area contributed by atoms with Crippen LogP contribution in [0.5, 0.6) is 0 Å². The number of anilines is 1. The number of aromatic amines is 1. The molecule has 0 saturated heterocycles. The Kier molecular flexibility index (Phi) is 4.48. The summed E-state index contributed by atoms with van der Waals surface area (Å²) in [4.78, 5) is 11.7. The van der Waals surface area contributed by atoms with Crippen molar-refractivity contribution in [2.75, 3.05) is 5.32 Å². The Morgan fingerprint density at radius 1 is 1.37 bits per heavy atom. The van der Waals surface area contributed by atoms with Crippen molar-refractivity contribution in [1.29, 1.82) is 0 Å². The van der Waals surface area contributed by atoms with E-state index >= 15 is 0 Å². The van der Waals surface area contributed by atoms with Gasteiger partial charge in [-0.15, -0.1) is 0 Å². The van der Waals surface area contributed by atoms with Crippen molar-refractivity contribution < 1.29 is 4.98 Å². The molecule has 2 rings (SSSR count). The van der Waals surface area contributed by atoms with Gasteiger partial charge in [-0.2, -0.15) is 4.98 Å². The van der Waals surface area contributed by atoms with E-state index in [0.717, 1.165) is 22.7 Å². The molecule has 0 aromatic carbocycles. The predicted molar refractivity (Wildman–Crippen MR) is 77.0 cm³/mol. The van der Waals surface area contributed by atoms with E-state index in [1.807, 2.05) is 12.3 Å². The summed E-state index contributed by atoms with van der Waals surface area (Å²) in [5.74, 6) is 6.75. The van der Waals surface area contributed by atoms with Crippen LogP contribution in [0.15, 0.2) is 17.8 Å². The second kappa shape index (κ2) is 6.30. The van der Waals surface area contributed by atoms with E-state index in [2.05, 4.69) is 46.0 Å². The van der Waals surface area contributed by atoms with E-state index in [1.165, 1.54) is 0 Å². The van der Waals surface area contributed by atoms with E-state index in [-0.39, 0.29) is 0 Å². The van der Waals surface area contributed by atoms with Crippen molar-refractivity contribution >= 4 is 17.3 Å². The molecule has 2 aromatic rings. The first-order valence-electron chi connectivity index (χ1n) is 6.25. The average Bonchev–Trinajstić information content (AvgIpc) is 2.83. The number of thiazole rings is 1. The molecule has 2 aromatic heterocycles. The van der Waals surface area contributed by atoms with Crippen molar-refractivity contribution in [3.63, 3.8) is 0 Å². The van der Waals surface area contributed by atoms with E-state index < -0.39 is 0 Å². The van der Waals surface area contributed by atoms with Gasteiger partial charge in [-0.1, -0.05) is 24.2 Å². The van der Waals surface area contributed by atoms with Crippen LogP contribution in [0, 0.1) is 18.8 Å². The lowest BCUT2D eigenvalue weighted by molar-refractivity contribution is -0.383. The molecule has 4 nitrogen and oxygen atoms in total. The van der Waals surface area contributed by atoms with Crippen LogP contribution in [-0.4, -0.2) is 16.0 Å². The third-order valence-electron chi connectivity index (χ3n) is 2.65. The first-order valence-corrected chi connectivity index (χ1v) is 7.13. The summed E-state index contributed by atoms with van der Waals surface area (Å²) in [5, 5.41) is 6.37. The van der Waals surface area contributed by atoms with Crippen molar-refractivity contribution in [1.82, 2.24) is 9.97 Å². The second-order valence-electron chi connectivity index (χ2n) is 4.33. The van der Waals surface area contributed by atoms with Crippen molar-refractivity contribution in [3.05, 3.63) is 34.0 Å². The van der Waals surface area contributed by atoms with Gasteiger partial charge < -0.3 is 5.32 Å². The Morgan fingerprint density at radius 3 is 2.68 bits per heavy atom. The van der Waals surface area contributed by atoms with E-state index in [0.29, 0.717) is 12.0 Å². The second-order valence-corrected chi connectivity index (χ2v) is 5.41. The lowest BCUT2D eigenvalue weighted by Gasteiger charge is -2.10. The van der Waals surface area contributed by atoms with Gasteiger partial charge in [-0.25, -0.2) is 9.97 Å². The Balaban J connectivity index is 2.05. The number of nitrogens with one attached hydrogen (secondary N) is 2. The monoisotopic (exact) mass is 273 g/mol. The highest BCUT2D eigenvalue weighted by Crippen LogP contribution is 2.04. The maximum absolute atomic E-state index is 4.25. The number of hydrogen-bond acceptors (Lipinski definition) is 4. The van der Waals surface area contributed by atoms with E-state index in [9.17, 15) is 0 Å². The zero-order valence-corrected chi connectivity index (χ0v) is 12.1. The molecule has 0 radical (unpaired) electrons. The van der Waals surface area contributed by atoms with Crippen LogP contribution in [0.25, 0.3) is 0 Å². The third-order valence-corrected chi connectivity index (χ3v) is 3.45. The zero-order chi connectivity index (χ0) is 13.7. The smallest absolute Gasteiger partial charge is 0.266 e. The van der Waals surface area contributed by atoms with Crippen LogP contribution in [0.3, 0.4) is 0 Å². The van der Waals surface area contributed by atoms with Gasteiger partial charge in [0.25, 0.3) is 5.69 Å². The van der Waals surface area contributed by atoms with Crippen LogP contribution in [-0.2, 0) is 0 Å². The van der Waals surface area contributed by atoms with Crippen LogP contribution in [0.1, 0.15) is 36.5 Å². The summed E-state index contributed by atoms with van der Waals surface area (Å²) < 4.78 is 0. The molecule has 0 bridgehead atoms. The zero-order valence-electron chi connectivity index (χ0n) is 11.3. The summed E-state index contributed by atoms with van der Waals surface area (Å²) in [7, 11) is 0. The van der Waals surface area contributed by atoms with Crippen molar-refractivity contribution in [2.24, 2.45) is 0 Å². The number of nitrogens with zero attached hydrogens (tertiary/aromatic N) is 2. The highest BCUT2D eigenvalue weighted by molar-refractivity contribution is 7.09. The van der Waals surface area contributed by atoms with Gasteiger partial charge in [0, 0.05) is 31.3 Å². The van der Waals surface area contributed by atoms with Gasteiger partial charge in [0.05, 0.1) is 10.9 Å². The molecule has 0 saturated carbocycles. The minimum absolute atomic E-state index is 0.375. The van der Waals surface area contributed by atoms with Gasteiger partial charge >= 0.3 is 0 Å². The SMILES string of the molecule is CCC(C)Nc1ncc(C#Cc2csc(C)[nH+]2)cn1. The first kappa shape index (κ1) is 13.5. The Bertz CT molecular complexity index is 592. The Labute approximate surface area is 117 Å². The number of aromatic nitrogens is 3. The standard InChI is InChI=1S/C14H16N4S/c1-4-10(2)17-14-15-7-12(8-16-14)5-6-13-9-19-11(3)18-13/h7-10H,4H2,1-3H3,(H,15,16,17)/p+1. The molecule has 2 N–H and O–H groups in total. The molecule has 1 atom stereocenters. The predicted octanol–water partition coefficient (Wildman–Crippen LogP) is 2.27. The normalized spacial score (nSPS) is 11.5. The molecular formula is C14H17N4S+. The minimum atomic E-state index is 0.375. The van der Waals surface area contributed by atoms with Crippen LogP contribution < -0.4 is 10.3 Å².